The largest absolute Gasteiger partial charge is 0.496 e. The lowest BCUT2D eigenvalue weighted by Gasteiger charge is -2.35. The number of primary amides is 1. The van der Waals surface area contributed by atoms with Crippen LogP contribution in [0.3, 0.4) is 0 Å². The van der Waals surface area contributed by atoms with E-state index in [2.05, 4.69) is 10.3 Å². The Hall–Kier alpha value is -2.61. The Labute approximate surface area is 175 Å². The Bertz CT molecular complexity index is 890. The van der Waals surface area contributed by atoms with Crippen LogP contribution in [0.5, 0.6) is 5.75 Å². The van der Waals surface area contributed by atoms with E-state index in [9.17, 15) is 9.59 Å². The Morgan fingerprint density at radius 1 is 1.34 bits per heavy atom. The third kappa shape index (κ3) is 4.53. The van der Waals surface area contributed by atoms with Gasteiger partial charge in [0, 0.05) is 17.5 Å². The number of nitrogens with zero attached hydrogens (tertiary/aromatic N) is 2. The van der Waals surface area contributed by atoms with Crippen molar-refractivity contribution < 1.29 is 14.3 Å². The van der Waals surface area contributed by atoms with E-state index in [-0.39, 0.29) is 11.3 Å². The first-order chi connectivity index (χ1) is 13.7. The van der Waals surface area contributed by atoms with Gasteiger partial charge in [0.05, 0.1) is 12.8 Å². The molecule has 2 heterocycles. The van der Waals surface area contributed by atoms with E-state index in [1.165, 1.54) is 11.3 Å². The van der Waals surface area contributed by atoms with Crippen molar-refractivity contribution in [2.75, 3.05) is 19.0 Å². The Morgan fingerprint density at radius 2 is 2.07 bits per heavy atom. The minimum Gasteiger partial charge on any atom is -0.496 e. The van der Waals surface area contributed by atoms with Crippen molar-refractivity contribution in [3.05, 3.63) is 29.6 Å². The lowest BCUT2D eigenvalue weighted by molar-refractivity contribution is -0.139. The maximum Gasteiger partial charge on any atom is 0.246 e. The number of carbonyl (C=O) groups is 2. The number of hydrogen-bond acceptors (Lipinski definition) is 6. The minimum absolute atomic E-state index is 0.118. The molecule has 3 N–H and O–H groups in total. The normalized spacial score (nSPS) is 17.8. The zero-order valence-electron chi connectivity index (χ0n) is 17.3. The minimum atomic E-state index is -0.533. The second-order valence-electron chi connectivity index (χ2n) is 8.27. The van der Waals surface area contributed by atoms with Gasteiger partial charge < -0.3 is 20.7 Å². The highest BCUT2D eigenvalue weighted by Gasteiger charge is 2.40. The standard InChI is InChI=1S/C21H28N4O3S/c1-21(2,3)17(19(27)25-11-7-9-15(25)18(22)26)24-20-23-14(12-29-20)13-8-5-6-10-16(13)28-4/h5-6,8,10,12,15,17H,7,9,11H2,1-4H3,(H2,22,26)(H,23,24)/t15-,17+/m0/s1. The summed E-state index contributed by atoms with van der Waals surface area (Å²) in [6.07, 6.45) is 1.40. The highest BCUT2D eigenvalue weighted by Crippen LogP contribution is 2.34. The number of hydrogen-bond donors (Lipinski definition) is 2. The zero-order valence-corrected chi connectivity index (χ0v) is 18.1. The number of nitrogens with two attached hydrogens (primary N) is 1. The van der Waals surface area contributed by atoms with E-state index in [0.717, 1.165) is 23.4 Å². The van der Waals surface area contributed by atoms with E-state index in [1.807, 2.05) is 50.4 Å². The van der Waals surface area contributed by atoms with E-state index in [0.29, 0.717) is 18.1 Å². The number of para-hydroxylation sites is 1. The SMILES string of the molecule is COc1ccccc1-c1csc(N[C@H](C(=O)N2CCC[C@H]2C(N)=O)C(C)(C)C)n1. The van der Waals surface area contributed by atoms with Crippen LogP contribution in [0, 0.1) is 5.41 Å². The van der Waals surface area contributed by atoms with E-state index >= 15 is 0 Å². The topological polar surface area (TPSA) is 97.5 Å². The van der Waals surface area contributed by atoms with Crippen LogP contribution in [0.2, 0.25) is 0 Å². The number of amides is 2. The molecule has 2 aromatic rings. The van der Waals surface area contributed by atoms with Crippen LogP contribution in [0.4, 0.5) is 5.13 Å². The molecule has 2 atom stereocenters. The summed E-state index contributed by atoms with van der Waals surface area (Å²) in [5.41, 5.74) is 6.81. The quantitative estimate of drug-likeness (QED) is 0.754. The van der Waals surface area contributed by atoms with Crippen LogP contribution in [-0.4, -0.2) is 47.4 Å². The molecule has 29 heavy (non-hydrogen) atoms. The van der Waals surface area contributed by atoms with Crippen LogP contribution in [0.1, 0.15) is 33.6 Å². The van der Waals surface area contributed by atoms with Gasteiger partial charge in [-0.3, -0.25) is 9.59 Å². The number of aromatic nitrogens is 1. The molecule has 0 saturated carbocycles. The Balaban J connectivity index is 1.84. The molecule has 0 spiro atoms. The summed E-state index contributed by atoms with van der Waals surface area (Å²) >= 11 is 1.43. The van der Waals surface area contributed by atoms with Crippen LogP contribution < -0.4 is 15.8 Å². The van der Waals surface area contributed by atoms with Crippen molar-refractivity contribution in [2.45, 2.75) is 45.7 Å². The van der Waals surface area contributed by atoms with Gasteiger partial charge in [-0.05, 0) is 30.4 Å². The average Bonchev–Trinajstić information content (AvgIpc) is 3.34. The highest BCUT2D eigenvalue weighted by molar-refractivity contribution is 7.14. The van der Waals surface area contributed by atoms with Crippen LogP contribution >= 0.6 is 11.3 Å². The number of anilines is 1. The molecule has 0 bridgehead atoms. The molecule has 1 saturated heterocycles. The Kier molecular flexibility index (Phi) is 6.12. The Morgan fingerprint density at radius 3 is 2.72 bits per heavy atom. The number of carbonyl (C=O) groups excluding carboxylic acids is 2. The van der Waals surface area contributed by atoms with Gasteiger partial charge in [-0.2, -0.15) is 0 Å². The number of benzene rings is 1. The molecule has 3 rings (SSSR count). The van der Waals surface area contributed by atoms with Crippen molar-refractivity contribution in [1.29, 1.82) is 0 Å². The molecule has 1 aliphatic heterocycles. The van der Waals surface area contributed by atoms with Gasteiger partial charge in [-0.1, -0.05) is 32.9 Å². The molecular formula is C21H28N4O3S. The lowest BCUT2D eigenvalue weighted by atomic mass is 9.85. The van der Waals surface area contributed by atoms with Crippen LogP contribution in [0.25, 0.3) is 11.3 Å². The zero-order chi connectivity index (χ0) is 21.2. The monoisotopic (exact) mass is 416 g/mol. The molecule has 2 amide bonds. The number of nitrogens with one attached hydrogen (secondary N) is 1. The molecule has 0 unspecified atom stereocenters. The molecular weight excluding hydrogens is 388 g/mol. The molecule has 7 nitrogen and oxygen atoms in total. The van der Waals surface area contributed by atoms with Gasteiger partial charge in [0.25, 0.3) is 0 Å². The molecule has 1 aliphatic rings. The third-order valence-electron chi connectivity index (χ3n) is 5.13. The fourth-order valence-electron chi connectivity index (χ4n) is 3.58. The van der Waals surface area contributed by atoms with Crippen molar-refractivity contribution in [1.82, 2.24) is 9.88 Å². The summed E-state index contributed by atoms with van der Waals surface area (Å²) in [5, 5.41) is 5.89. The molecule has 1 fully saturated rings. The first-order valence-corrected chi connectivity index (χ1v) is 10.6. The van der Waals surface area contributed by atoms with E-state index in [1.54, 1.807) is 12.0 Å². The summed E-state index contributed by atoms with van der Waals surface area (Å²) in [7, 11) is 1.63. The van der Waals surface area contributed by atoms with Gasteiger partial charge in [0.2, 0.25) is 11.8 Å². The predicted molar refractivity (Wildman–Crippen MR) is 115 cm³/mol. The molecule has 0 aliphatic carbocycles. The van der Waals surface area contributed by atoms with Crippen LogP contribution in [0.15, 0.2) is 29.6 Å². The smallest absolute Gasteiger partial charge is 0.246 e. The third-order valence-corrected chi connectivity index (χ3v) is 5.91. The number of likely N-dealkylation sites (tertiary alicyclic amines) is 1. The molecule has 156 valence electrons. The summed E-state index contributed by atoms with van der Waals surface area (Å²) in [5.74, 6) is 0.179. The van der Waals surface area contributed by atoms with E-state index < -0.39 is 18.0 Å². The first-order valence-electron chi connectivity index (χ1n) is 9.67. The van der Waals surface area contributed by atoms with E-state index in [4.69, 9.17) is 10.5 Å². The van der Waals surface area contributed by atoms with Gasteiger partial charge in [0.15, 0.2) is 5.13 Å². The molecule has 0 radical (unpaired) electrons. The molecule has 8 heteroatoms. The number of methoxy groups -OCH3 is 1. The first kappa shape index (κ1) is 21.1. The number of thiazole rings is 1. The predicted octanol–water partition coefficient (Wildman–Crippen LogP) is 3.12. The summed E-state index contributed by atoms with van der Waals surface area (Å²) in [6.45, 7) is 6.52. The molecule has 1 aromatic carbocycles. The summed E-state index contributed by atoms with van der Waals surface area (Å²) < 4.78 is 5.42. The second-order valence-corrected chi connectivity index (χ2v) is 9.13. The number of ether oxygens (including phenoxy) is 1. The van der Waals surface area contributed by atoms with Crippen LogP contribution in [-0.2, 0) is 9.59 Å². The summed E-state index contributed by atoms with van der Waals surface area (Å²) in [6, 6.07) is 6.62. The fraction of sp³-hybridized carbons (Fsp3) is 0.476. The lowest BCUT2D eigenvalue weighted by Crippen LogP contribution is -2.53. The second kappa shape index (κ2) is 8.41. The maximum atomic E-state index is 13.3. The van der Waals surface area contributed by atoms with Crippen molar-refractivity contribution in [3.63, 3.8) is 0 Å². The van der Waals surface area contributed by atoms with Gasteiger partial charge in [0.1, 0.15) is 17.8 Å². The van der Waals surface area contributed by atoms with Crippen molar-refractivity contribution in [2.24, 2.45) is 11.1 Å². The van der Waals surface area contributed by atoms with Gasteiger partial charge in [-0.15, -0.1) is 11.3 Å². The fourth-order valence-corrected chi connectivity index (χ4v) is 4.32. The van der Waals surface area contributed by atoms with Crippen molar-refractivity contribution in [3.8, 4) is 17.0 Å². The summed E-state index contributed by atoms with van der Waals surface area (Å²) in [4.78, 5) is 31.3. The molecule has 1 aromatic heterocycles. The van der Waals surface area contributed by atoms with Gasteiger partial charge in [-0.25, -0.2) is 4.98 Å². The van der Waals surface area contributed by atoms with Gasteiger partial charge >= 0.3 is 0 Å². The highest BCUT2D eigenvalue weighted by atomic mass is 32.1. The number of rotatable bonds is 6. The average molecular weight is 417 g/mol. The van der Waals surface area contributed by atoms with Crippen molar-refractivity contribution >= 4 is 28.3 Å². The maximum absolute atomic E-state index is 13.3.